The number of oxime groups is 1. The van der Waals surface area contributed by atoms with Crippen molar-refractivity contribution < 1.29 is 32.2 Å². The second-order valence-electron chi connectivity index (χ2n) is 6.47. The quantitative estimate of drug-likeness (QED) is 0.226. The van der Waals surface area contributed by atoms with E-state index in [-0.39, 0.29) is 24.7 Å². The van der Waals surface area contributed by atoms with E-state index in [9.17, 15) is 13.2 Å². The number of aromatic nitrogens is 1. The molecule has 0 aliphatic rings. The van der Waals surface area contributed by atoms with Crippen LogP contribution in [0.15, 0.2) is 47.8 Å². The van der Waals surface area contributed by atoms with Crippen LogP contribution >= 0.6 is 0 Å². The van der Waals surface area contributed by atoms with Crippen molar-refractivity contribution in [1.29, 1.82) is 0 Å². The lowest BCUT2D eigenvalue weighted by Crippen LogP contribution is -2.24. The molecule has 0 aliphatic carbocycles. The van der Waals surface area contributed by atoms with E-state index in [0.29, 0.717) is 6.61 Å². The minimum atomic E-state index is -4.66. The molecule has 0 N–H and O–H groups in total. The average Bonchev–Trinajstić information content (AvgIpc) is 2.71. The number of rotatable bonds is 10. The van der Waals surface area contributed by atoms with E-state index >= 15 is 0 Å². The summed E-state index contributed by atoms with van der Waals surface area (Å²) in [4.78, 5) is 8.16. The van der Waals surface area contributed by atoms with Crippen molar-refractivity contribution in [2.45, 2.75) is 26.9 Å². The molecule has 0 saturated heterocycles. The van der Waals surface area contributed by atoms with E-state index in [1.54, 1.807) is 0 Å². The van der Waals surface area contributed by atoms with E-state index in [2.05, 4.69) is 15.0 Å². The Balaban J connectivity index is 1.91. The molecule has 0 unspecified atom stereocenters. The van der Waals surface area contributed by atoms with Gasteiger partial charge >= 0.3 is 6.18 Å². The first-order chi connectivity index (χ1) is 14.8. The third-order valence-electron chi connectivity index (χ3n) is 4.06. The van der Waals surface area contributed by atoms with E-state index in [0.717, 1.165) is 35.9 Å². The number of alkyl halides is 3. The first kappa shape index (κ1) is 24.0. The zero-order valence-electron chi connectivity index (χ0n) is 17.8. The molecular formula is C22H25F3N2O4. The summed E-state index contributed by atoms with van der Waals surface area (Å²) in [6.07, 6.45) is 0.211. The molecule has 2 rings (SSSR count). The molecule has 168 valence electrons. The number of nitrogens with zero attached hydrogens (tertiary/aromatic N) is 2. The first-order valence-electron chi connectivity index (χ1n) is 9.51. The van der Waals surface area contributed by atoms with E-state index in [1.165, 1.54) is 12.1 Å². The van der Waals surface area contributed by atoms with Crippen LogP contribution in [0.3, 0.4) is 0 Å². The van der Waals surface area contributed by atoms with Crippen LogP contribution in [-0.4, -0.2) is 43.8 Å². The SMILES string of the molecule is C/C=C/COc1cc(C)c(OCCOc2ccc(/C(=N/OC)C(F)(F)F)cn2)c(C)c1. The van der Waals surface area contributed by atoms with Crippen LogP contribution in [0.2, 0.25) is 0 Å². The molecule has 2 aromatic rings. The minimum Gasteiger partial charge on any atom is -0.490 e. The number of pyridine rings is 1. The smallest absolute Gasteiger partial charge is 0.437 e. The van der Waals surface area contributed by atoms with Crippen molar-refractivity contribution in [2.75, 3.05) is 26.9 Å². The number of benzene rings is 1. The maximum absolute atomic E-state index is 13.0. The summed E-state index contributed by atoms with van der Waals surface area (Å²) in [6, 6.07) is 6.34. The summed E-state index contributed by atoms with van der Waals surface area (Å²) in [5.41, 5.74) is 0.465. The summed E-state index contributed by atoms with van der Waals surface area (Å²) in [7, 11) is 1.05. The maximum atomic E-state index is 13.0. The van der Waals surface area contributed by atoms with Crippen molar-refractivity contribution >= 4 is 5.71 Å². The highest BCUT2D eigenvalue weighted by Crippen LogP contribution is 2.28. The molecule has 0 bridgehead atoms. The zero-order valence-corrected chi connectivity index (χ0v) is 17.8. The van der Waals surface area contributed by atoms with Gasteiger partial charge in [0.2, 0.25) is 5.88 Å². The van der Waals surface area contributed by atoms with Gasteiger partial charge in [-0.3, -0.25) is 0 Å². The Hall–Kier alpha value is -3.23. The summed E-state index contributed by atoms with van der Waals surface area (Å²) in [6.45, 7) is 6.68. The van der Waals surface area contributed by atoms with Crippen LogP contribution in [0.25, 0.3) is 0 Å². The summed E-state index contributed by atoms with van der Waals surface area (Å²) >= 11 is 0. The number of ether oxygens (including phenoxy) is 3. The molecule has 1 aromatic heterocycles. The Morgan fingerprint density at radius 3 is 2.29 bits per heavy atom. The van der Waals surface area contributed by atoms with Crippen LogP contribution < -0.4 is 14.2 Å². The van der Waals surface area contributed by atoms with Gasteiger partial charge in [-0.1, -0.05) is 17.3 Å². The van der Waals surface area contributed by atoms with Gasteiger partial charge in [-0.25, -0.2) is 4.98 Å². The molecule has 31 heavy (non-hydrogen) atoms. The van der Waals surface area contributed by atoms with Crippen LogP contribution in [0.4, 0.5) is 13.2 Å². The third kappa shape index (κ3) is 7.20. The summed E-state index contributed by atoms with van der Waals surface area (Å²) < 4.78 is 55.8. The molecule has 0 fully saturated rings. The fraction of sp³-hybridized carbons (Fsp3) is 0.364. The molecule has 1 aromatic carbocycles. The lowest BCUT2D eigenvalue weighted by Gasteiger charge is -2.15. The largest absolute Gasteiger partial charge is 0.490 e. The van der Waals surface area contributed by atoms with Crippen LogP contribution in [0, 0.1) is 13.8 Å². The average molecular weight is 438 g/mol. The highest BCUT2D eigenvalue weighted by Gasteiger charge is 2.38. The van der Waals surface area contributed by atoms with Gasteiger partial charge in [-0.15, -0.1) is 0 Å². The summed E-state index contributed by atoms with van der Waals surface area (Å²) in [5.74, 6) is 1.67. The van der Waals surface area contributed by atoms with Crippen LogP contribution in [0.1, 0.15) is 23.6 Å². The van der Waals surface area contributed by atoms with Gasteiger partial charge < -0.3 is 19.0 Å². The molecular weight excluding hydrogens is 413 g/mol. The Morgan fingerprint density at radius 1 is 1.06 bits per heavy atom. The Morgan fingerprint density at radius 2 is 1.74 bits per heavy atom. The Bertz CT molecular complexity index is 887. The molecule has 0 atom stereocenters. The summed E-state index contributed by atoms with van der Waals surface area (Å²) in [5, 5.41) is 3.03. The normalized spacial score (nSPS) is 12.2. The van der Waals surface area contributed by atoms with Crippen molar-refractivity contribution in [2.24, 2.45) is 5.16 Å². The predicted molar refractivity (Wildman–Crippen MR) is 111 cm³/mol. The number of halogens is 3. The van der Waals surface area contributed by atoms with Crippen LogP contribution in [-0.2, 0) is 4.84 Å². The molecule has 6 nitrogen and oxygen atoms in total. The van der Waals surface area contributed by atoms with Gasteiger partial charge in [-0.2, -0.15) is 13.2 Å². The molecule has 0 saturated carbocycles. The second kappa shape index (κ2) is 11.2. The lowest BCUT2D eigenvalue weighted by atomic mass is 10.1. The standard InChI is InChI=1S/C22H25F3N2O4/c1-5-6-9-29-18-12-15(2)20(16(3)13-18)31-11-10-30-19-8-7-17(14-26-19)21(27-28-4)22(23,24)25/h5-8,12-14H,9-11H2,1-4H3/b6-5+,27-21-. The maximum Gasteiger partial charge on any atom is 0.437 e. The minimum absolute atomic E-state index is 0.170. The van der Waals surface area contributed by atoms with Gasteiger partial charge in [0.15, 0.2) is 5.71 Å². The number of aryl methyl sites for hydroxylation is 2. The number of hydrogen-bond donors (Lipinski definition) is 0. The Kier molecular flexibility index (Phi) is 8.72. The molecule has 0 amide bonds. The molecule has 0 radical (unpaired) electrons. The first-order valence-corrected chi connectivity index (χ1v) is 9.51. The lowest BCUT2D eigenvalue weighted by molar-refractivity contribution is -0.0608. The number of allylic oxidation sites excluding steroid dienone is 1. The monoisotopic (exact) mass is 438 g/mol. The predicted octanol–water partition coefficient (Wildman–Crippen LogP) is 5.02. The highest BCUT2D eigenvalue weighted by atomic mass is 19.4. The van der Waals surface area contributed by atoms with Gasteiger partial charge in [-0.05, 0) is 50.1 Å². The molecule has 1 heterocycles. The van der Waals surface area contributed by atoms with Crippen molar-refractivity contribution in [3.63, 3.8) is 0 Å². The molecule has 9 heteroatoms. The third-order valence-corrected chi connectivity index (χ3v) is 4.06. The van der Waals surface area contributed by atoms with Gasteiger partial charge in [0, 0.05) is 17.8 Å². The van der Waals surface area contributed by atoms with Crippen molar-refractivity contribution in [3.05, 3.63) is 59.3 Å². The van der Waals surface area contributed by atoms with Gasteiger partial charge in [0.1, 0.15) is 38.4 Å². The fourth-order valence-electron chi connectivity index (χ4n) is 2.72. The van der Waals surface area contributed by atoms with Crippen LogP contribution in [0.5, 0.6) is 17.4 Å². The van der Waals surface area contributed by atoms with Crippen molar-refractivity contribution in [1.82, 2.24) is 4.98 Å². The topological polar surface area (TPSA) is 62.2 Å². The van der Waals surface area contributed by atoms with Crippen molar-refractivity contribution in [3.8, 4) is 17.4 Å². The van der Waals surface area contributed by atoms with E-state index in [4.69, 9.17) is 14.2 Å². The fourth-order valence-corrected chi connectivity index (χ4v) is 2.72. The highest BCUT2D eigenvalue weighted by molar-refractivity contribution is 6.04. The molecule has 0 spiro atoms. The number of hydrogen-bond acceptors (Lipinski definition) is 6. The zero-order chi connectivity index (χ0) is 22.9. The van der Waals surface area contributed by atoms with E-state index < -0.39 is 11.9 Å². The Labute approximate surface area is 179 Å². The van der Waals surface area contributed by atoms with Gasteiger partial charge in [0.25, 0.3) is 0 Å². The van der Waals surface area contributed by atoms with E-state index in [1.807, 2.05) is 45.1 Å². The molecule has 0 aliphatic heterocycles. The van der Waals surface area contributed by atoms with Gasteiger partial charge in [0.05, 0.1) is 0 Å². The second-order valence-corrected chi connectivity index (χ2v) is 6.47.